The molecule has 2 aromatic carbocycles. The highest BCUT2D eigenvalue weighted by atomic mass is 32.2. The molecule has 134 valence electrons. The number of para-hydroxylation sites is 2. The minimum atomic E-state index is -0.00838. The number of anilines is 1. The molecule has 1 aromatic heterocycles. The fourth-order valence-electron chi connectivity index (χ4n) is 2.98. The fourth-order valence-corrected chi connectivity index (χ4v) is 3.85. The Labute approximate surface area is 158 Å². The Morgan fingerprint density at radius 3 is 2.38 bits per heavy atom. The van der Waals surface area contributed by atoms with Gasteiger partial charge < -0.3 is 5.32 Å². The maximum atomic E-state index is 12.6. The highest BCUT2D eigenvalue weighted by molar-refractivity contribution is 8.00. The first-order valence-corrected chi connectivity index (χ1v) is 9.87. The topological polar surface area (TPSA) is 54.9 Å². The summed E-state index contributed by atoms with van der Waals surface area (Å²) in [6.45, 7) is 6.09. The second-order valence-corrected chi connectivity index (χ2v) is 7.05. The van der Waals surface area contributed by atoms with Crippen LogP contribution in [0.15, 0.2) is 47.5 Å². The van der Waals surface area contributed by atoms with Crippen LogP contribution in [0.25, 0.3) is 10.9 Å². The van der Waals surface area contributed by atoms with Crippen LogP contribution in [0.5, 0.6) is 0 Å². The summed E-state index contributed by atoms with van der Waals surface area (Å²) in [5.74, 6) is 1.03. The molecule has 1 amide bonds. The number of aryl methyl sites for hydroxylation is 3. The lowest BCUT2D eigenvalue weighted by Gasteiger charge is -2.14. The van der Waals surface area contributed by atoms with Gasteiger partial charge in [0.1, 0.15) is 10.9 Å². The number of hydrogen-bond acceptors (Lipinski definition) is 4. The minimum Gasteiger partial charge on any atom is -0.325 e. The van der Waals surface area contributed by atoms with E-state index < -0.39 is 0 Å². The predicted octanol–water partition coefficient (Wildman–Crippen LogP) is 4.79. The summed E-state index contributed by atoms with van der Waals surface area (Å²) in [5, 5.41) is 4.95. The van der Waals surface area contributed by atoms with Gasteiger partial charge in [0.25, 0.3) is 0 Å². The van der Waals surface area contributed by atoms with Crippen LogP contribution in [0.3, 0.4) is 0 Å². The zero-order valence-electron chi connectivity index (χ0n) is 15.4. The van der Waals surface area contributed by atoms with Crippen molar-refractivity contribution in [3.63, 3.8) is 0 Å². The normalized spacial score (nSPS) is 10.9. The van der Waals surface area contributed by atoms with Gasteiger partial charge in [-0.05, 0) is 37.0 Å². The summed E-state index contributed by atoms with van der Waals surface area (Å²) in [5.41, 5.74) is 4.22. The van der Waals surface area contributed by atoms with Gasteiger partial charge in [0.2, 0.25) is 5.91 Å². The van der Waals surface area contributed by atoms with Crippen LogP contribution < -0.4 is 5.32 Å². The molecule has 1 heterocycles. The standard InChI is InChI=1S/C21H23N3OS/c1-4-15-9-8-10-16(5-2)20(15)24-19(25)13-26-21-17-11-6-7-12-18(17)22-14(3)23-21/h6-12H,4-5,13H2,1-3H3,(H,24,25). The number of amides is 1. The van der Waals surface area contributed by atoms with Gasteiger partial charge in [0.05, 0.1) is 11.3 Å². The molecular formula is C21H23N3OS. The molecule has 0 saturated carbocycles. The third kappa shape index (κ3) is 4.05. The molecule has 26 heavy (non-hydrogen) atoms. The molecule has 0 spiro atoms. The van der Waals surface area contributed by atoms with Crippen molar-refractivity contribution in [2.45, 2.75) is 38.6 Å². The van der Waals surface area contributed by atoms with Crippen molar-refractivity contribution in [3.8, 4) is 0 Å². The van der Waals surface area contributed by atoms with E-state index in [0.717, 1.165) is 40.3 Å². The van der Waals surface area contributed by atoms with Gasteiger partial charge in [-0.2, -0.15) is 0 Å². The van der Waals surface area contributed by atoms with E-state index in [1.54, 1.807) is 0 Å². The van der Waals surface area contributed by atoms with Crippen molar-refractivity contribution >= 4 is 34.3 Å². The monoisotopic (exact) mass is 365 g/mol. The molecule has 0 radical (unpaired) electrons. The number of carbonyl (C=O) groups is 1. The number of aromatic nitrogens is 2. The van der Waals surface area contributed by atoms with Gasteiger partial charge in [-0.15, -0.1) is 0 Å². The number of benzene rings is 2. The molecule has 3 aromatic rings. The second kappa shape index (κ2) is 8.32. The Morgan fingerprint density at radius 2 is 1.69 bits per heavy atom. The largest absolute Gasteiger partial charge is 0.325 e. The lowest BCUT2D eigenvalue weighted by atomic mass is 10.0. The van der Waals surface area contributed by atoms with Gasteiger partial charge in [-0.3, -0.25) is 4.79 Å². The van der Waals surface area contributed by atoms with Crippen LogP contribution >= 0.6 is 11.8 Å². The van der Waals surface area contributed by atoms with Crippen molar-refractivity contribution in [2.75, 3.05) is 11.1 Å². The number of nitrogens with one attached hydrogen (secondary N) is 1. The first-order chi connectivity index (χ1) is 12.6. The van der Waals surface area contributed by atoms with Gasteiger partial charge in [0, 0.05) is 11.1 Å². The van der Waals surface area contributed by atoms with E-state index in [1.165, 1.54) is 22.9 Å². The van der Waals surface area contributed by atoms with Crippen LogP contribution in [-0.4, -0.2) is 21.6 Å². The maximum absolute atomic E-state index is 12.6. The summed E-state index contributed by atoms with van der Waals surface area (Å²) in [6, 6.07) is 14.1. The number of hydrogen-bond donors (Lipinski definition) is 1. The summed E-state index contributed by atoms with van der Waals surface area (Å²) >= 11 is 1.46. The van der Waals surface area contributed by atoms with Gasteiger partial charge in [-0.1, -0.05) is 62.0 Å². The molecule has 0 unspecified atom stereocenters. The quantitative estimate of drug-likeness (QED) is 0.504. The summed E-state index contributed by atoms with van der Waals surface area (Å²) in [4.78, 5) is 21.5. The second-order valence-electron chi connectivity index (χ2n) is 6.09. The number of thioether (sulfide) groups is 1. The molecule has 4 nitrogen and oxygen atoms in total. The number of fused-ring (bicyclic) bond motifs is 1. The van der Waals surface area contributed by atoms with E-state index in [0.29, 0.717) is 5.75 Å². The smallest absolute Gasteiger partial charge is 0.234 e. The van der Waals surface area contributed by atoms with Gasteiger partial charge >= 0.3 is 0 Å². The van der Waals surface area contributed by atoms with E-state index in [1.807, 2.05) is 31.2 Å². The first-order valence-electron chi connectivity index (χ1n) is 8.89. The average molecular weight is 366 g/mol. The molecule has 0 fully saturated rings. The first kappa shape index (κ1) is 18.4. The lowest BCUT2D eigenvalue weighted by molar-refractivity contribution is -0.113. The van der Waals surface area contributed by atoms with Crippen LogP contribution in [0.4, 0.5) is 5.69 Å². The zero-order valence-corrected chi connectivity index (χ0v) is 16.2. The molecule has 0 aliphatic rings. The van der Waals surface area contributed by atoms with Crippen LogP contribution in [0, 0.1) is 6.92 Å². The Hall–Kier alpha value is -2.40. The van der Waals surface area contributed by atoms with Crippen molar-refractivity contribution in [2.24, 2.45) is 0 Å². The van der Waals surface area contributed by atoms with Crippen LogP contribution in [0.2, 0.25) is 0 Å². The minimum absolute atomic E-state index is 0.00838. The van der Waals surface area contributed by atoms with E-state index in [2.05, 4.69) is 47.3 Å². The lowest BCUT2D eigenvalue weighted by Crippen LogP contribution is -2.17. The number of rotatable bonds is 6. The molecule has 5 heteroatoms. The predicted molar refractivity (Wildman–Crippen MR) is 109 cm³/mol. The summed E-state index contributed by atoms with van der Waals surface area (Å²) < 4.78 is 0. The third-order valence-electron chi connectivity index (χ3n) is 4.28. The van der Waals surface area contributed by atoms with Crippen molar-refractivity contribution in [3.05, 3.63) is 59.4 Å². The van der Waals surface area contributed by atoms with Crippen LogP contribution in [0.1, 0.15) is 30.8 Å². The van der Waals surface area contributed by atoms with Gasteiger partial charge in [-0.25, -0.2) is 9.97 Å². The highest BCUT2D eigenvalue weighted by Crippen LogP contribution is 2.26. The van der Waals surface area contributed by atoms with Gasteiger partial charge in [0.15, 0.2) is 0 Å². The highest BCUT2D eigenvalue weighted by Gasteiger charge is 2.12. The van der Waals surface area contributed by atoms with E-state index in [-0.39, 0.29) is 5.91 Å². The van der Waals surface area contributed by atoms with Crippen molar-refractivity contribution < 1.29 is 4.79 Å². The molecule has 3 rings (SSSR count). The molecule has 0 aliphatic heterocycles. The number of nitrogens with zero attached hydrogens (tertiary/aromatic N) is 2. The van der Waals surface area contributed by atoms with E-state index in [9.17, 15) is 4.79 Å². The molecule has 0 bridgehead atoms. The summed E-state index contributed by atoms with van der Waals surface area (Å²) in [7, 11) is 0. The molecular weight excluding hydrogens is 342 g/mol. The number of carbonyl (C=O) groups excluding carboxylic acids is 1. The zero-order chi connectivity index (χ0) is 18.5. The van der Waals surface area contributed by atoms with E-state index in [4.69, 9.17) is 0 Å². The SMILES string of the molecule is CCc1cccc(CC)c1NC(=O)CSc1nc(C)nc2ccccc12. The molecule has 1 N–H and O–H groups in total. The average Bonchev–Trinajstić information content (AvgIpc) is 2.66. The Balaban J connectivity index is 1.77. The molecule has 0 atom stereocenters. The van der Waals surface area contributed by atoms with Crippen molar-refractivity contribution in [1.29, 1.82) is 0 Å². The molecule has 0 saturated heterocycles. The molecule has 0 aliphatic carbocycles. The van der Waals surface area contributed by atoms with E-state index >= 15 is 0 Å². The van der Waals surface area contributed by atoms with Crippen molar-refractivity contribution in [1.82, 2.24) is 9.97 Å². The Bertz CT molecular complexity index is 917. The Morgan fingerprint density at radius 1 is 1.00 bits per heavy atom. The third-order valence-corrected chi connectivity index (χ3v) is 5.27. The Kier molecular flexibility index (Phi) is 5.89. The maximum Gasteiger partial charge on any atom is 0.234 e. The summed E-state index contributed by atoms with van der Waals surface area (Å²) in [6.07, 6.45) is 1.79. The van der Waals surface area contributed by atoms with Crippen LogP contribution in [-0.2, 0) is 17.6 Å². The fraction of sp³-hybridized carbons (Fsp3) is 0.286.